The maximum Gasteiger partial charge on any atom is 0.458 e. The van der Waals surface area contributed by atoms with Crippen LogP contribution in [0.4, 0.5) is 0 Å². The second kappa shape index (κ2) is 8.30. The Hall–Kier alpha value is -0.425. The van der Waals surface area contributed by atoms with Gasteiger partial charge < -0.3 is 18.8 Å². The molecule has 0 spiro atoms. The van der Waals surface area contributed by atoms with E-state index in [0.717, 1.165) is 51.4 Å². The average molecular weight is 366 g/mol. The first-order valence-corrected chi connectivity index (χ1v) is 10.4. The fourth-order valence-corrected chi connectivity index (χ4v) is 5.14. The molecule has 0 bridgehead atoms. The molecule has 0 N–H and O–H groups in total. The van der Waals surface area contributed by atoms with Gasteiger partial charge in [-0.1, -0.05) is 39.5 Å². The van der Waals surface area contributed by atoms with Crippen LogP contribution in [-0.4, -0.2) is 50.5 Å². The van der Waals surface area contributed by atoms with Gasteiger partial charge in [0.1, 0.15) is 5.78 Å². The summed E-state index contributed by atoms with van der Waals surface area (Å²) in [6.07, 6.45) is 9.56. The number of methoxy groups -OCH3 is 2. The van der Waals surface area contributed by atoms with Crippen LogP contribution in [0.1, 0.15) is 71.6 Å². The van der Waals surface area contributed by atoms with Gasteiger partial charge in [0.05, 0.1) is 23.4 Å². The molecule has 2 atom stereocenters. The SMILES string of the molecule is COC1([C@@H]2OB(CCC(=O)C(C)C)O[C@H]2C2(OC)CCCC2)CCCC1. The molecule has 0 aromatic heterocycles. The summed E-state index contributed by atoms with van der Waals surface area (Å²) in [5, 5.41) is 0. The number of carbonyl (C=O) groups excluding carboxylic acids is 1. The van der Waals surface area contributed by atoms with Crippen molar-refractivity contribution in [1.29, 1.82) is 0 Å². The van der Waals surface area contributed by atoms with Gasteiger partial charge in [-0.15, -0.1) is 0 Å². The molecule has 0 radical (unpaired) electrons. The molecule has 3 rings (SSSR count). The van der Waals surface area contributed by atoms with Gasteiger partial charge in [-0.3, -0.25) is 4.79 Å². The van der Waals surface area contributed by atoms with Crippen LogP contribution in [-0.2, 0) is 23.6 Å². The molecule has 3 aliphatic rings. The number of carbonyl (C=O) groups is 1. The van der Waals surface area contributed by atoms with E-state index >= 15 is 0 Å². The largest absolute Gasteiger partial charge is 0.458 e. The molecular formula is C20H35BO5. The lowest BCUT2D eigenvalue weighted by Crippen LogP contribution is -2.56. The summed E-state index contributed by atoms with van der Waals surface area (Å²) in [6, 6.07) is 0. The Morgan fingerprint density at radius 3 is 1.73 bits per heavy atom. The van der Waals surface area contributed by atoms with Crippen molar-refractivity contribution in [2.75, 3.05) is 14.2 Å². The lowest BCUT2D eigenvalue weighted by Gasteiger charge is -2.43. The highest BCUT2D eigenvalue weighted by Gasteiger charge is 2.59. The first kappa shape index (κ1) is 20.3. The van der Waals surface area contributed by atoms with Crippen molar-refractivity contribution in [3.8, 4) is 0 Å². The van der Waals surface area contributed by atoms with Gasteiger partial charge in [-0.2, -0.15) is 0 Å². The zero-order chi connectivity index (χ0) is 18.8. The minimum Gasteiger partial charge on any atom is -0.403 e. The van der Waals surface area contributed by atoms with Crippen LogP contribution >= 0.6 is 0 Å². The minimum atomic E-state index is -0.340. The fraction of sp³-hybridized carbons (Fsp3) is 0.950. The third kappa shape index (κ3) is 3.75. The van der Waals surface area contributed by atoms with Crippen LogP contribution in [0.5, 0.6) is 0 Å². The molecule has 1 saturated heterocycles. The Labute approximate surface area is 158 Å². The van der Waals surface area contributed by atoms with E-state index in [2.05, 4.69) is 0 Å². The van der Waals surface area contributed by atoms with Crippen molar-refractivity contribution in [3.63, 3.8) is 0 Å². The van der Waals surface area contributed by atoms with E-state index in [9.17, 15) is 4.79 Å². The Kier molecular flexibility index (Phi) is 6.48. The van der Waals surface area contributed by atoms with Crippen molar-refractivity contribution in [2.45, 2.75) is 101 Å². The van der Waals surface area contributed by atoms with Crippen LogP contribution < -0.4 is 0 Å². The van der Waals surface area contributed by atoms with Crippen molar-refractivity contribution in [1.82, 2.24) is 0 Å². The van der Waals surface area contributed by atoms with E-state index in [0.29, 0.717) is 12.7 Å². The molecule has 1 heterocycles. The third-order valence-corrected chi connectivity index (χ3v) is 6.89. The Bertz CT molecular complexity index is 451. The molecule has 0 aromatic carbocycles. The standard InChI is InChI=1S/C20H35BO5/c1-15(2)16(22)9-14-21-25-17(19(23-3)10-5-6-11-19)18(26-21)20(24-4)12-7-8-13-20/h15,17-18H,5-14H2,1-4H3/t17-,18-/m1/s1. The van der Waals surface area contributed by atoms with Crippen molar-refractivity contribution in [3.05, 3.63) is 0 Å². The minimum absolute atomic E-state index is 0.0586. The predicted molar refractivity (Wildman–Crippen MR) is 101 cm³/mol. The van der Waals surface area contributed by atoms with E-state index in [4.69, 9.17) is 18.8 Å². The normalized spacial score (nSPS) is 30.4. The molecule has 0 aromatic rings. The van der Waals surface area contributed by atoms with E-state index < -0.39 is 0 Å². The molecule has 3 fully saturated rings. The predicted octanol–water partition coefficient (Wildman–Crippen LogP) is 3.79. The summed E-state index contributed by atoms with van der Waals surface area (Å²) in [6.45, 7) is 3.89. The second-order valence-corrected chi connectivity index (χ2v) is 8.65. The summed E-state index contributed by atoms with van der Waals surface area (Å²) in [5.41, 5.74) is -0.564. The molecule has 1 aliphatic heterocycles. The Morgan fingerprint density at radius 1 is 0.962 bits per heavy atom. The van der Waals surface area contributed by atoms with Gasteiger partial charge >= 0.3 is 7.12 Å². The molecule has 0 amide bonds. The van der Waals surface area contributed by atoms with Gasteiger partial charge in [0.2, 0.25) is 0 Å². The van der Waals surface area contributed by atoms with Crippen LogP contribution in [0.3, 0.4) is 0 Å². The number of Topliss-reactive ketones (excluding diaryl/α,β-unsaturated/α-hetero) is 1. The highest BCUT2D eigenvalue weighted by Crippen LogP contribution is 2.48. The van der Waals surface area contributed by atoms with Crippen LogP contribution in [0.15, 0.2) is 0 Å². The zero-order valence-corrected chi connectivity index (χ0v) is 16.9. The summed E-state index contributed by atoms with van der Waals surface area (Å²) in [7, 11) is 3.26. The zero-order valence-electron chi connectivity index (χ0n) is 16.9. The monoisotopic (exact) mass is 366 g/mol. The van der Waals surface area contributed by atoms with Crippen LogP contribution in [0.25, 0.3) is 0 Å². The van der Waals surface area contributed by atoms with Crippen molar-refractivity contribution >= 4 is 12.9 Å². The summed E-state index contributed by atoms with van der Waals surface area (Å²) >= 11 is 0. The fourth-order valence-electron chi connectivity index (χ4n) is 5.14. The lowest BCUT2D eigenvalue weighted by molar-refractivity contribution is -0.153. The number of hydrogen-bond donors (Lipinski definition) is 0. The lowest BCUT2D eigenvalue weighted by atomic mass is 9.81. The van der Waals surface area contributed by atoms with Crippen molar-refractivity contribution in [2.24, 2.45) is 5.92 Å². The molecule has 5 nitrogen and oxygen atoms in total. The highest BCUT2D eigenvalue weighted by molar-refractivity contribution is 6.45. The van der Waals surface area contributed by atoms with E-state index in [1.54, 1.807) is 14.2 Å². The second-order valence-electron chi connectivity index (χ2n) is 8.65. The smallest absolute Gasteiger partial charge is 0.403 e. The summed E-state index contributed by atoms with van der Waals surface area (Å²) < 4.78 is 25.0. The third-order valence-electron chi connectivity index (χ3n) is 6.89. The average Bonchev–Trinajstić information content (AvgIpc) is 3.38. The van der Waals surface area contributed by atoms with Crippen LogP contribution in [0.2, 0.25) is 6.32 Å². The van der Waals surface area contributed by atoms with Gasteiger partial charge in [0.25, 0.3) is 0 Å². The molecule has 148 valence electrons. The van der Waals surface area contributed by atoms with Crippen molar-refractivity contribution < 1.29 is 23.6 Å². The number of ketones is 1. The van der Waals surface area contributed by atoms with E-state index in [-0.39, 0.29) is 42.2 Å². The molecular weight excluding hydrogens is 331 g/mol. The Balaban J connectivity index is 1.78. The summed E-state index contributed by atoms with van der Waals surface area (Å²) in [5.74, 6) is 0.324. The van der Waals surface area contributed by atoms with Gasteiger partial charge in [-0.25, -0.2) is 0 Å². The molecule has 0 unspecified atom stereocenters. The number of rotatable bonds is 8. The van der Waals surface area contributed by atoms with Gasteiger partial charge in [0.15, 0.2) is 0 Å². The molecule has 6 heteroatoms. The molecule has 26 heavy (non-hydrogen) atoms. The Morgan fingerprint density at radius 2 is 1.38 bits per heavy atom. The first-order valence-electron chi connectivity index (χ1n) is 10.4. The quantitative estimate of drug-likeness (QED) is 0.612. The van der Waals surface area contributed by atoms with E-state index in [1.165, 1.54) is 0 Å². The summed E-state index contributed by atoms with van der Waals surface area (Å²) in [4.78, 5) is 12.1. The van der Waals surface area contributed by atoms with Crippen LogP contribution in [0, 0.1) is 5.92 Å². The number of hydrogen-bond acceptors (Lipinski definition) is 5. The molecule has 2 saturated carbocycles. The van der Waals surface area contributed by atoms with Gasteiger partial charge in [-0.05, 0) is 32.0 Å². The first-order chi connectivity index (χ1) is 12.5. The van der Waals surface area contributed by atoms with Gasteiger partial charge in [0, 0.05) is 26.6 Å². The van der Waals surface area contributed by atoms with E-state index in [1.807, 2.05) is 13.8 Å². The molecule has 2 aliphatic carbocycles. The number of ether oxygens (including phenoxy) is 2. The highest BCUT2D eigenvalue weighted by atomic mass is 16.7. The maximum atomic E-state index is 12.1. The maximum absolute atomic E-state index is 12.1. The topological polar surface area (TPSA) is 54.0 Å².